The third kappa shape index (κ3) is 2.90. The minimum absolute atomic E-state index is 0.236. The summed E-state index contributed by atoms with van der Waals surface area (Å²) in [5.41, 5.74) is 1.07. The van der Waals surface area contributed by atoms with E-state index in [1.807, 2.05) is 0 Å². The molecule has 0 amide bonds. The van der Waals surface area contributed by atoms with E-state index in [0.29, 0.717) is 12.6 Å². The van der Waals surface area contributed by atoms with Gasteiger partial charge in [-0.3, -0.25) is 4.90 Å². The van der Waals surface area contributed by atoms with Crippen molar-refractivity contribution in [1.82, 2.24) is 4.90 Å². The van der Waals surface area contributed by atoms with Gasteiger partial charge in [0.05, 0.1) is 0 Å². The molecule has 1 heterocycles. The van der Waals surface area contributed by atoms with E-state index in [1.165, 1.54) is 44.2 Å². The van der Waals surface area contributed by atoms with Crippen molar-refractivity contribution in [3.63, 3.8) is 0 Å². The summed E-state index contributed by atoms with van der Waals surface area (Å²) >= 11 is 0. The number of halogens is 1. The van der Waals surface area contributed by atoms with Gasteiger partial charge >= 0.3 is 7.12 Å². The smallest absolute Gasteiger partial charge is 0.423 e. The lowest BCUT2D eigenvalue weighted by Crippen LogP contribution is -2.35. The Labute approximate surface area is 119 Å². The number of benzene rings is 1. The van der Waals surface area contributed by atoms with E-state index in [1.54, 1.807) is 6.07 Å². The van der Waals surface area contributed by atoms with Crippen LogP contribution in [0, 0.1) is 11.7 Å². The summed E-state index contributed by atoms with van der Waals surface area (Å²) in [7, 11) is -1.61. The standard InChI is InChI=1S/C15H21BFNO2/c17-14-8-11(7-13(9-14)16(19)20)10-18-6-5-12-3-1-2-4-15(12)18/h7-9,12,15,19-20H,1-6,10H2. The minimum Gasteiger partial charge on any atom is -0.423 e. The van der Waals surface area contributed by atoms with Crippen molar-refractivity contribution < 1.29 is 14.4 Å². The van der Waals surface area contributed by atoms with E-state index in [4.69, 9.17) is 0 Å². The largest absolute Gasteiger partial charge is 0.488 e. The maximum Gasteiger partial charge on any atom is 0.488 e. The van der Waals surface area contributed by atoms with Gasteiger partial charge in [0.25, 0.3) is 0 Å². The van der Waals surface area contributed by atoms with E-state index in [2.05, 4.69) is 4.90 Å². The molecule has 1 aliphatic heterocycles. The molecule has 0 aromatic heterocycles. The molecule has 0 bridgehead atoms. The summed E-state index contributed by atoms with van der Waals surface area (Å²) in [6.07, 6.45) is 6.45. The highest BCUT2D eigenvalue weighted by molar-refractivity contribution is 6.58. The summed E-state index contributed by atoms with van der Waals surface area (Å²) in [6.45, 7) is 1.78. The van der Waals surface area contributed by atoms with Crippen molar-refractivity contribution in [2.45, 2.75) is 44.7 Å². The second-order valence-electron chi connectivity index (χ2n) is 6.14. The van der Waals surface area contributed by atoms with Gasteiger partial charge < -0.3 is 10.0 Å². The van der Waals surface area contributed by atoms with Crippen LogP contribution in [-0.4, -0.2) is 34.7 Å². The highest BCUT2D eigenvalue weighted by Crippen LogP contribution is 2.36. The summed E-state index contributed by atoms with van der Waals surface area (Å²) in [5, 5.41) is 18.4. The van der Waals surface area contributed by atoms with Gasteiger partial charge in [-0.15, -0.1) is 0 Å². The number of fused-ring (bicyclic) bond motifs is 1. The van der Waals surface area contributed by atoms with E-state index in [0.717, 1.165) is 18.0 Å². The van der Waals surface area contributed by atoms with Crippen LogP contribution in [0.3, 0.4) is 0 Å². The fourth-order valence-electron chi connectivity index (χ4n) is 3.85. The Kier molecular flexibility index (Phi) is 4.10. The van der Waals surface area contributed by atoms with Crippen LogP contribution in [0.2, 0.25) is 0 Å². The van der Waals surface area contributed by atoms with Crippen LogP contribution in [-0.2, 0) is 6.54 Å². The van der Waals surface area contributed by atoms with Gasteiger partial charge in [-0.1, -0.05) is 18.9 Å². The van der Waals surface area contributed by atoms with E-state index < -0.39 is 12.9 Å². The third-order valence-electron chi connectivity index (χ3n) is 4.79. The first kappa shape index (κ1) is 14.0. The van der Waals surface area contributed by atoms with Gasteiger partial charge in [-0.05, 0) is 54.9 Å². The molecular formula is C15H21BFNO2. The van der Waals surface area contributed by atoms with Crippen LogP contribution in [0.1, 0.15) is 37.7 Å². The zero-order valence-corrected chi connectivity index (χ0v) is 11.6. The van der Waals surface area contributed by atoms with E-state index >= 15 is 0 Å². The monoisotopic (exact) mass is 277 g/mol. The average Bonchev–Trinajstić information content (AvgIpc) is 2.82. The predicted molar refractivity (Wildman–Crippen MR) is 77.0 cm³/mol. The Morgan fingerprint density at radius 3 is 2.75 bits per heavy atom. The van der Waals surface area contributed by atoms with Crippen LogP contribution < -0.4 is 5.46 Å². The first-order chi connectivity index (χ1) is 9.63. The van der Waals surface area contributed by atoms with Gasteiger partial charge in [-0.25, -0.2) is 4.39 Å². The maximum atomic E-state index is 13.6. The third-order valence-corrected chi connectivity index (χ3v) is 4.79. The molecule has 5 heteroatoms. The van der Waals surface area contributed by atoms with Crippen LogP contribution in [0.15, 0.2) is 18.2 Å². The predicted octanol–water partition coefficient (Wildman–Crippen LogP) is 1.27. The Morgan fingerprint density at radius 2 is 1.95 bits per heavy atom. The Morgan fingerprint density at radius 1 is 1.15 bits per heavy atom. The van der Waals surface area contributed by atoms with Crippen LogP contribution in [0.5, 0.6) is 0 Å². The molecule has 2 unspecified atom stereocenters. The molecule has 0 radical (unpaired) electrons. The second-order valence-corrected chi connectivity index (χ2v) is 6.14. The molecule has 108 valence electrons. The average molecular weight is 277 g/mol. The van der Waals surface area contributed by atoms with Crippen molar-refractivity contribution in [2.75, 3.05) is 6.54 Å². The molecule has 1 aromatic rings. The molecule has 2 atom stereocenters. The Bertz CT molecular complexity index is 483. The molecule has 1 aliphatic carbocycles. The lowest BCUT2D eigenvalue weighted by molar-refractivity contribution is 0.176. The minimum atomic E-state index is -1.61. The molecule has 3 nitrogen and oxygen atoms in total. The van der Waals surface area contributed by atoms with Crippen molar-refractivity contribution in [3.05, 3.63) is 29.6 Å². The van der Waals surface area contributed by atoms with Crippen molar-refractivity contribution in [3.8, 4) is 0 Å². The highest BCUT2D eigenvalue weighted by Gasteiger charge is 2.35. The van der Waals surface area contributed by atoms with Crippen LogP contribution in [0.25, 0.3) is 0 Å². The van der Waals surface area contributed by atoms with Crippen molar-refractivity contribution >= 4 is 12.6 Å². The number of hydrogen-bond donors (Lipinski definition) is 2. The normalized spacial score (nSPS) is 26.6. The molecule has 3 rings (SSSR count). The zero-order chi connectivity index (χ0) is 14.1. The molecule has 2 N–H and O–H groups in total. The number of nitrogens with zero attached hydrogens (tertiary/aromatic N) is 1. The second kappa shape index (κ2) is 5.84. The fourth-order valence-corrected chi connectivity index (χ4v) is 3.85. The first-order valence-electron chi connectivity index (χ1n) is 7.53. The van der Waals surface area contributed by atoms with Crippen molar-refractivity contribution in [1.29, 1.82) is 0 Å². The summed E-state index contributed by atoms with van der Waals surface area (Å²) < 4.78 is 13.6. The Balaban J connectivity index is 1.74. The zero-order valence-electron chi connectivity index (χ0n) is 11.6. The maximum absolute atomic E-state index is 13.6. The lowest BCUT2D eigenvalue weighted by Gasteiger charge is -2.31. The Hall–Kier alpha value is -0.905. The SMILES string of the molecule is OB(O)c1cc(F)cc(CN2CCC3CCCCC32)c1. The van der Waals surface area contributed by atoms with Crippen LogP contribution in [0.4, 0.5) is 4.39 Å². The van der Waals surface area contributed by atoms with Gasteiger partial charge in [0.1, 0.15) is 5.82 Å². The summed E-state index contributed by atoms with van der Waals surface area (Å²) in [5.74, 6) is 0.408. The molecule has 20 heavy (non-hydrogen) atoms. The number of likely N-dealkylation sites (tertiary alicyclic amines) is 1. The molecule has 1 saturated carbocycles. The fraction of sp³-hybridized carbons (Fsp3) is 0.600. The van der Waals surface area contributed by atoms with Gasteiger partial charge in [-0.2, -0.15) is 0 Å². The van der Waals surface area contributed by atoms with E-state index in [-0.39, 0.29) is 5.46 Å². The number of hydrogen-bond acceptors (Lipinski definition) is 3. The summed E-state index contributed by atoms with van der Waals surface area (Å²) in [6, 6.07) is 5.02. The highest BCUT2D eigenvalue weighted by atomic mass is 19.1. The van der Waals surface area contributed by atoms with Gasteiger partial charge in [0.2, 0.25) is 0 Å². The first-order valence-corrected chi connectivity index (χ1v) is 7.53. The molecule has 2 aliphatic rings. The molecule has 0 spiro atoms. The topological polar surface area (TPSA) is 43.7 Å². The lowest BCUT2D eigenvalue weighted by atomic mass is 9.79. The van der Waals surface area contributed by atoms with E-state index in [9.17, 15) is 14.4 Å². The summed E-state index contributed by atoms with van der Waals surface area (Å²) in [4.78, 5) is 2.44. The molecule has 1 aromatic carbocycles. The number of rotatable bonds is 3. The van der Waals surface area contributed by atoms with Crippen LogP contribution >= 0.6 is 0 Å². The van der Waals surface area contributed by atoms with Gasteiger partial charge in [0, 0.05) is 12.6 Å². The molecular weight excluding hydrogens is 256 g/mol. The molecule has 2 fully saturated rings. The van der Waals surface area contributed by atoms with Gasteiger partial charge in [0.15, 0.2) is 0 Å². The quantitative estimate of drug-likeness (QED) is 0.818. The van der Waals surface area contributed by atoms with Crippen molar-refractivity contribution in [2.24, 2.45) is 5.92 Å². The molecule has 1 saturated heterocycles.